The summed E-state index contributed by atoms with van der Waals surface area (Å²) in [4.78, 5) is 15.4. The summed E-state index contributed by atoms with van der Waals surface area (Å²) in [5.74, 6) is 0.648. The van der Waals surface area contributed by atoms with Crippen molar-refractivity contribution < 1.29 is 27.4 Å². The maximum Gasteiger partial charge on any atom is 0.390 e. The number of aryl methyl sites for hydroxylation is 1. The minimum atomic E-state index is -4.23. The van der Waals surface area contributed by atoms with Gasteiger partial charge in [-0.15, -0.1) is 0 Å². The molecule has 2 heterocycles. The molecule has 0 fully saturated rings. The number of halogens is 3. The second-order valence-electron chi connectivity index (χ2n) is 6.76. The molecule has 1 aliphatic rings. The molecule has 0 unspecified atom stereocenters. The van der Waals surface area contributed by atoms with Gasteiger partial charge in [-0.05, 0) is 42.9 Å². The number of ether oxygens (including phenoxy) is 2. The number of allylic oxidation sites excluding steroid dienone is 1. The summed E-state index contributed by atoms with van der Waals surface area (Å²) in [6.45, 7) is 0.00972. The Balaban J connectivity index is 1.81. The van der Waals surface area contributed by atoms with Crippen LogP contribution in [0.15, 0.2) is 30.1 Å². The Morgan fingerprint density at radius 2 is 2.07 bits per heavy atom. The van der Waals surface area contributed by atoms with E-state index in [2.05, 4.69) is 10.1 Å². The molecule has 0 saturated carbocycles. The lowest BCUT2D eigenvalue weighted by atomic mass is 9.90. The van der Waals surface area contributed by atoms with E-state index in [0.717, 1.165) is 36.8 Å². The molecule has 0 spiro atoms. The topological polar surface area (TPSA) is 66.2 Å². The summed E-state index contributed by atoms with van der Waals surface area (Å²) in [7, 11) is 1.46. The number of carbonyl (C=O) groups is 1. The molecule has 0 amide bonds. The van der Waals surface area contributed by atoms with Crippen LogP contribution in [0.4, 0.5) is 13.2 Å². The molecule has 9 heteroatoms. The molecule has 0 N–H and O–H groups in total. The number of methoxy groups -OCH3 is 1. The van der Waals surface area contributed by atoms with E-state index in [0.29, 0.717) is 29.2 Å². The van der Waals surface area contributed by atoms with E-state index in [4.69, 9.17) is 9.47 Å². The van der Waals surface area contributed by atoms with Crippen molar-refractivity contribution in [2.24, 2.45) is 0 Å². The lowest BCUT2D eigenvalue weighted by Crippen LogP contribution is -2.16. The van der Waals surface area contributed by atoms with Gasteiger partial charge in [0.1, 0.15) is 12.4 Å². The number of alkyl halides is 3. The summed E-state index contributed by atoms with van der Waals surface area (Å²) in [5.41, 5.74) is 2.98. The molecule has 0 radical (unpaired) electrons. The Kier molecular flexibility index (Phi) is 6.56. The fourth-order valence-electron chi connectivity index (χ4n) is 3.36. The van der Waals surface area contributed by atoms with Gasteiger partial charge in [0.25, 0.3) is 0 Å². The fraction of sp³-hybridized carbons (Fsp3) is 0.450. The van der Waals surface area contributed by atoms with Gasteiger partial charge in [-0.2, -0.15) is 18.3 Å². The maximum atomic E-state index is 12.6. The van der Waals surface area contributed by atoms with Gasteiger partial charge in [0.2, 0.25) is 5.88 Å². The third-order valence-electron chi connectivity index (χ3n) is 4.83. The van der Waals surface area contributed by atoms with Crippen molar-refractivity contribution in [1.82, 2.24) is 14.8 Å². The van der Waals surface area contributed by atoms with E-state index in [1.165, 1.54) is 30.3 Å². The summed E-state index contributed by atoms with van der Waals surface area (Å²) >= 11 is 0. The van der Waals surface area contributed by atoms with Crippen LogP contribution in [-0.4, -0.2) is 40.9 Å². The summed E-state index contributed by atoms with van der Waals surface area (Å²) in [6.07, 6.45) is 1.90. The smallest absolute Gasteiger partial charge is 0.390 e. The summed E-state index contributed by atoms with van der Waals surface area (Å²) in [5, 5.41) is 4.07. The third-order valence-corrected chi connectivity index (χ3v) is 4.83. The highest BCUT2D eigenvalue weighted by Crippen LogP contribution is 2.33. The molecule has 3 rings (SSSR count). The van der Waals surface area contributed by atoms with Crippen LogP contribution in [-0.2, 0) is 6.54 Å². The molecule has 29 heavy (non-hydrogen) atoms. The molecular weight excluding hydrogens is 387 g/mol. The minimum Gasteiger partial charge on any atom is -0.487 e. The molecule has 0 aliphatic heterocycles. The van der Waals surface area contributed by atoms with Crippen LogP contribution in [0.2, 0.25) is 0 Å². The number of rotatable bonds is 8. The predicted octanol–water partition coefficient (Wildman–Crippen LogP) is 4.46. The highest BCUT2D eigenvalue weighted by atomic mass is 19.4. The van der Waals surface area contributed by atoms with Gasteiger partial charge in [-0.3, -0.25) is 9.48 Å². The average molecular weight is 409 g/mol. The van der Waals surface area contributed by atoms with Crippen molar-refractivity contribution in [1.29, 1.82) is 0 Å². The lowest BCUT2D eigenvalue weighted by molar-refractivity contribution is -0.137. The molecule has 6 nitrogen and oxygen atoms in total. The average Bonchev–Trinajstić information content (AvgIpc) is 3.18. The summed E-state index contributed by atoms with van der Waals surface area (Å²) < 4.78 is 50.1. The van der Waals surface area contributed by atoms with E-state index in [9.17, 15) is 18.0 Å². The van der Waals surface area contributed by atoms with Crippen molar-refractivity contribution in [2.45, 2.75) is 44.8 Å². The van der Waals surface area contributed by atoms with Crippen molar-refractivity contribution in [3.8, 4) is 11.6 Å². The Bertz CT molecular complexity index is 891. The quantitative estimate of drug-likeness (QED) is 0.603. The Hall–Kier alpha value is -2.84. The highest BCUT2D eigenvalue weighted by Gasteiger charge is 2.28. The standard InChI is InChI=1S/C20H22F3N3O3/c1-28-19-10-15(12-27)18(11-24-19)29-13-14-4-2-3-5-16(14)17-6-8-25-26(17)9-7-20(21,22)23/h6,8,10-12H,2-5,7,9,13H2,1H3. The third kappa shape index (κ3) is 5.36. The number of pyridine rings is 1. The SMILES string of the molecule is COc1cc(C=O)c(OCC2=C(c3ccnn3CCC(F)(F)F)CCCC2)cn1. The Morgan fingerprint density at radius 1 is 1.28 bits per heavy atom. The first kappa shape index (κ1) is 20.9. The van der Waals surface area contributed by atoms with Gasteiger partial charge in [0, 0.05) is 12.3 Å². The molecule has 0 atom stereocenters. The van der Waals surface area contributed by atoms with Crippen LogP contribution in [0.3, 0.4) is 0 Å². The van der Waals surface area contributed by atoms with Crippen LogP contribution in [0.5, 0.6) is 11.6 Å². The normalized spacial score (nSPS) is 14.8. The van der Waals surface area contributed by atoms with Gasteiger partial charge in [-0.25, -0.2) is 4.98 Å². The molecule has 2 aromatic rings. The molecule has 156 valence electrons. The van der Waals surface area contributed by atoms with Crippen molar-refractivity contribution in [3.63, 3.8) is 0 Å². The maximum absolute atomic E-state index is 12.6. The molecule has 2 aromatic heterocycles. The molecular formula is C20H22F3N3O3. The van der Waals surface area contributed by atoms with E-state index >= 15 is 0 Å². The van der Waals surface area contributed by atoms with Crippen LogP contribution in [0, 0.1) is 0 Å². The fourth-order valence-corrected chi connectivity index (χ4v) is 3.36. The first-order chi connectivity index (χ1) is 13.9. The zero-order chi connectivity index (χ0) is 20.9. The lowest BCUT2D eigenvalue weighted by Gasteiger charge is -2.22. The number of aromatic nitrogens is 3. The van der Waals surface area contributed by atoms with E-state index < -0.39 is 12.6 Å². The van der Waals surface area contributed by atoms with Crippen LogP contribution in [0.1, 0.15) is 48.2 Å². The predicted molar refractivity (Wildman–Crippen MR) is 100.0 cm³/mol. The zero-order valence-corrected chi connectivity index (χ0v) is 16.0. The second kappa shape index (κ2) is 9.11. The molecule has 0 aromatic carbocycles. The highest BCUT2D eigenvalue weighted by molar-refractivity contribution is 5.79. The van der Waals surface area contributed by atoms with Gasteiger partial charge >= 0.3 is 6.18 Å². The number of nitrogens with zero attached hydrogens (tertiary/aromatic N) is 3. The van der Waals surface area contributed by atoms with Gasteiger partial charge in [-0.1, -0.05) is 0 Å². The summed E-state index contributed by atoms with van der Waals surface area (Å²) in [6, 6.07) is 3.23. The van der Waals surface area contributed by atoms with Crippen molar-refractivity contribution >= 4 is 11.9 Å². The molecule has 1 aliphatic carbocycles. The number of carbonyl (C=O) groups excluding carboxylic acids is 1. The van der Waals surface area contributed by atoms with Crippen LogP contribution in [0.25, 0.3) is 5.57 Å². The van der Waals surface area contributed by atoms with Gasteiger partial charge in [0.15, 0.2) is 6.29 Å². The van der Waals surface area contributed by atoms with Crippen LogP contribution >= 0.6 is 0 Å². The number of hydrogen-bond donors (Lipinski definition) is 0. The first-order valence-corrected chi connectivity index (χ1v) is 9.33. The Morgan fingerprint density at radius 3 is 2.79 bits per heavy atom. The number of hydrogen-bond acceptors (Lipinski definition) is 5. The first-order valence-electron chi connectivity index (χ1n) is 9.33. The number of aldehydes is 1. The largest absolute Gasteiger partial charge is 0.487 e. The van der Waals surface area contributed by atoms with Crippen molar-refractivity contribution in [3.05, 3.63) is 41.4 Å². The molecule has 0 saturated heterocycles. The van der Waals surface area contributed by atoms with E-state index in [1.807, 2.05) is 0 Å². The zero-order valence-electron chi connectivity index (χ0n) is 16.0. The minimum absolute atomic E-state index is 0.221. The van der Waals surface area contributed by atoms with Crippen LogP contribution < -0.4 is 9.47 Å². The van der Waals surface area contributed by atoms with Gasteiger partial charge in [0.05, 0.1) is 37.5 Å². The molecule has 0 bridgehead atoms. The van der Waals surface area contributed by atoms with Gasteiger partial charge < -0.3 is 9.47 Å². The Labute approximate surface area is 166 Å². The van der Waals surface area contributed by atoms with E-state index in [-0.39, 0.29) is 13.2 Å². The van der Waals surface area contributed by atoms with E-state index in [1.54, 1.807) is 6.07 Å². The van der Waals surface area contributed by atoms with Crippen molar-refractivity contribution in [2.75, 3.05) is 13.7 Å². The second-order valence-corrected chi connectivity index (χ2v) is 6.76. The monoisotopic (exact) mass is 409 g/mol.